The van der Waals surface area contributed by atoms with Crippen LogP contribution in [0.2, 0.25) is 0 Å². The zero-order valence-corrected chi connectivity index (χ0v) is 16.6. The molecule has 0 radical (unpaired) electrons. The minimum Gasteiger partial charge on any atom is -0.497 e. The lowest BCUT2D eigenvalue weighted by atomic mass is 10.2. The van der Waals surface area contributed by atoms with Gasteiger partial charge in [0.2, 0.25) is 0 Å². The lowest BCUT2D eigenvalue weighted by molar-refractivity contribution is -0.120. The highest BCUT2D eigenvalue weighted by Gasteiger charge is 2.40. The van der Waals surface area contributed by atoms with E-state index in [9.17, 15) is 14.4 Å². The van der Waals surface area contributed by atoms with Gasteiger partial charge in [0, 0.05) is 11.8 Å². The first kappa shape index (κ1) is 20.2. The number of carbonyl (C=O) groups excluding carboxylic acids is 3. The lowest BCUT2D eigenvalue weighted by Gasteiger charge is -2.19. The van der Waals surface area contributed by atoms with Gasteiger partial charge in [0.25, 0.3) is 11.8 Å². The molecule has 2 amide bonds. The summed E-state index contributed by atoms with van der Waals surface area (Å²) >= 11 is 6.15. The number of rotatable bonds is 6. The standard InChI is InChI=1S/C20H17ClN2O6/c1-27-13-8-9-15(28-2)14(10-13)23-18(24)16(21)17(19(23)25)22-12-6-4-11(5-7-12)20(26)29-3/h4-10,22H,1-3H3. The number of methoxy groups -OCH3 is 3. The van der Waals surface area contributed by atoms with Crippen LogP contribution in [0.5, 0.6) is 11.5 Å². The Morgan fingerprint density at radius 3 is 2.24 bits per heavy atom. The number of hydrogen-bond acceptors (Lipinski definition) is 7. The molecule has 1 N–H and O–H groups in total. The van der Waals surface area contributed by atoms with Crippen molar-refractivity contribution in [2.45, 2.75) is 0 Å². The van der Waals surface area contributed by atoms with Crippen LogP contribution in [0, 0.1) is 0 Å². The molecule has 9 heteroatoms. The summed E-state index contributed by atoms with van der Waals surface area (Å²) in [5.41, 5.74) is 0.923. The molecule has 8 nitrogen and oxygen atoms in total. The maximum Gasteiger partial charge on any atom is 0.337 e. The van der Waals surface area contributed by atoms with E-state index in [2.05, 4.69) is 10.1 Å². The number of hydrogen-bond donors (Lipinski definition) is 1. The van der Waals surface area contributed by atoms with Crippen LogP contribution < -0.4 is 19.7 Å². The molecule has 0 saturated heterocycles. The van der Waals surface area contributed by atoms with Crippen LogP contribution in [0.4, 0.5) is 11.4 Å². The van der Waals surface area contributed by atoms with Crippen molar-refractivity contribution in [2.75, 3.05) is 31.5 Å². The fraction of sp³-hybridized carbons (Fsp3) is 0.150. The number of anilines is 2. The monoisotopic (exact) mass is 416 g/mol. The number of esters is 1. The van der Waals surface area contributed by atoms with E-state index in [1.807, 2.05) is 0 Å². The largest absolute Gasteiger partial charge is 0.497 e. The van der Waals surface area contributed by atoms with Crippen molar-refractivity contribution < 1.29 is 28.6 Å². The van der Waals surface area contributed by atoms with Gasteiger partial charge in [-0.15, -0.1) is 0 Å². The number of ether oxygens (including phenoxy) is 3. The van der Waals surface area contributed by atoms with Gasteiger partial charge in [-0.1, -0.05) is 11.6 Å². The van der Waals surface area contributed by atoms with Crippen LogP contribution >= 0.6 is 11.6 Å². The normalized spacial score (nSPS) is 13.6. The molecule has 0 aliphatic carbocycles. The quantitative estimate of drug-likeness (QED) is 0.571. The molecule has 0 fully saturated rings. The smallest absolute Gasteiger partial charge is 0.337 e. The molecule has 0 aromatic heterocycles. The topological polar surface area (TPSA) is 94.2 Å². The highest BCUT2D eigenvalue weighted by Crippen LogP contribution is 2.37. The lowest BCUT2D eigenvalue weighted by Crippen LogP contribution is -2.32. The number of nitrogens with zero attached hydrogens (tertiary/aromatic N) is 1. The van der Waals surface area contributed by atoms with Gasteiger partial charge in [-0.2, -0.15) is 0 Å². The molecule has 0 saturated carbocycles. The number of halogens is 1. The molecule has 1 heterocycles. The predicted molar refractivity (Wildman–Crippen MR) is 106 cm³/mol. The first-order chi connectivity index (χ1) is 13.9. The Labute approximate surface area is 171 Å². The molecule has 0 spiro atoms. The molecule has 2 aromatic rings. The van der Waals surface area contributed by atoms with Crippen LogP contribution in [0.3, 0.4) is 0 Å². The van der Waals surface area contributed by atoms with E-state index in [1.54, 1.807) is 24.3 Å². The molecule has 0 bridgehead atoms. The number of nitrogens with one attached hydrogen (secondary N) is 1. The van der Waals surface area contributed by atoms with Gasteiger partial charge in [0.05, 0.1) is 32.6 Å². The van der Waals surface area contributed by atoms with Gasteiger partial charge in [-0.05, 0) is 36.4 Å². The summed E-state index contributed by atoms with van der Waals surface area (Å²) in [4.78, 5) is 38.1. The molecule has 0 unspecified atom stereocenters. The van der Waals surface area contributed by atoms with E-state index in [4.69, 9.17) is 21.1 Å². The van der Waals surface area contributed by atoms with Gasteiger partial charge < -0.3 is 19.5 Å². The van der Waals surface area contributed by atoms with Crippen molar-refractivity contribution in [3.05, 3.63) is 58.8 Å². The van der Waals surface area contributed by atoms with Crippen molar-refractivity contribution in [3.63, 3.8) is 0 Å². The first-order valence-corrected chi connectivity index (χ1v) is 8.75. The minimum absolute atomic E-state index is 0.0904. The average molecular weight is 417 g/mol. The Morgan fingerprint density at radius 1 is 0.966 bits per heavy atom. The molecule has 3 rings (SSSR count). The van der Waals surface area contributed by atoms with Gasteiger partial charge in [0.1, 0.15) is 22.2 Å². The van der Waals surface area contributed by atoms with E-state index >= 15 is 0 Å². The second-order valence-electron chi connectivity index (χ2n) is 5.87. The molecule has 2 aromatic carbocycles. The third kappa shape index (κ3) is 3.74. The molecule has 1 aliphatic rings. The zero-order chi connectivity index (χ0) is 21.1. The van der Waals surface area contributed by atoms with Gasteiger partial charge in [-0.3, -0.25) is 9.59 Å². The summed E-state index contributed by atoms with van der Waals surface area (Å²) < 4.78 is 15.1. The van der Waals surface area contributed by atoms with Crippen LogP contribution in [0.1, 0.15) is 10.4 Å². The second kappa shape index (κ2) is 8.24. The third-order valence-electron chi connectivity index (χ3n) is 4.23. The second-order valence-corrected chi connectivity index (χ2v) is 6.24. The van der Waals surface area contributed by atoms with E-state index in [-0.39, 0.29) is 16.4 Å². The molecular weight excluding hydrogens is 400 g/mol. The van der Waals surface area contributed by atoms with E-state index in [0.717, 1.165) is 4.90 Å². The Bertz CT molecular complexity index is 1020. The van der Waals surface area contributed by atoms with E-state index in [1.165, 1.54) is 39.5 Å². The summed E-state index contributed by atoms with van der Waals surface area (Å²) in [5, 5.41) is 2.57. The summed E-state index contributed by atoms with van der Waals surface area (Å²) in [6.07, 6.45) is 0. The molecular formula is C20H17ClN2O6. The Balaban J connectivity index is 1.90. The summed E-state index contributed by atoms with van der Waals surface area (Å²) in [6, 6.07) is 10.9. The SMILES string of the molecule is COC(=O)c1ccc(NC2=C(Cl)C(=O)N(c3cc(OC)ccc3OC)C2=O)cc1. The maximum atomic E-state index is 13.0. The van der Waals surface area contributed by atoms with Crippen molar-refractivity contribution in [1.29, 1.82) is 0 Å². The first-order valence-electron chi connectivity index (χ1n) is 8.37. The average Bonchev–Trinajstić information content (AvgIpc) is 2.96. The van der Waals surface area contributed by atoms with Crippen molar-refractivity contribution in [3.8, 4) is 11.5 Å². The zero-order valence-electron chi connectivity index (χ0n) is 15.8. The highest BCUT2D eigenvalue weighted by atomic mass is 35.5. The van der Waals surface area contributed by atoms with Crippen molar-refractivity contribution in [1.82, 2.24) is 0 Å². The summed E-state index contributed by atoms with van der Waals surface area (Å²) in [5.74, 6) is -1.09. The summed E-state index contributed by atoms with van der Waals surface area (Å²) in [6.45, 7) is 0. The van der Waals surface area contributed by atoms with E-state index in [0.29, 0.717) is 22.7 Å². The third-order valence-corrected chi connectivity index (χ3v) is 4.58. The molecule has 0 atom stereocenters. The van der Waals surface area contributed by atoms with Gasteiger partial charge >= 0.3 is 5.97 Å². The predicted octanol–water partition coefficient (Wildman–Crippen LogP) is 2.93. The number of amides is 2. The Morgan fingerprint density at radius 2 is 1.66 bits per heavy atom. The van der Waals surface area contributed by atoms with Crippen LogP contribution in [-0.4, -0.2) is 39.1 Å². The van der Waals surface area contributed by atoms with Gasteiger partial charge in [-0.25, -0.2) is 9.69 Å². The fourth-order valence-electron chi connectivity index (χ4n) is 2.75. The molecule has 150 valence electrons. The number of carbonyl (C=O) groups is 3. The molecule has 1 aliphatic heterocycles. The van der Waals surface area contributed by atoms with Gasteiger partial charge in [0.15, 0.2) is 0 Å². The highest BCUT2D eigenvalue weighted by molar-refractivity contribution is 6.53. The van der Waals surface area contributed by atoms with Crippen molar-refractivity contribution in [2.24, 2.45) is 0 Å². The number of benzene rings is 2. The summed E-state index contributed by atoms with van der Waals surface area (Å²) in [7, 11) is 4.17. The van der Waals surface area contributed by atoms with Crippen molar-refractivity contribution >= 4 is 40.8 Å². The maximum absolute atomic E-state index is 13.0. The van der Waals surface area contributed by atoms with Crippen LogP contribution in [-0.2, 0) is 14.3 Å². The van der Waals surface area contributed by atoms with E-state index < -0.39 is 17.8 Å². The molecule has 29 heavy (non-hydrogen) atoms. The Kier molecular flexibility index (Phi) is 5.74. The van der Waals surface area contributed by atoms with Crippen LogP contribution in [0.15, 0.2) is 53.2 Å². The fourth-order valence-corrected chi connectivity index (χ4v) is 2.97. The van der Waals surface area contributed by atoms with Crippen LogP contribution in [0.25, 0.3) is 0 Å². The number of imide groups is 1. The minimum atomic E-state index is -0.697. The Hall–Kier alpha value is -3.52.